The second-order valence-corrected chi connectivity index (χ2v) is 6.66. The lowest BCUT2D eigenvalue weighted by Crippen LogP contribution is -2.76. The molecule has 0 radical (unpaired) electrons. The maximum atomic E-state index is 13.6. The number of rotatable bonds is 12. The molecule has 0 aromatic rings. The molecule has 36 heavy (non-hydrogen) atoms. The minimum Gasteiger partial charge on any atom is -0.421 e. The van der Waals surface area contributed by atoms with Gasteiger partial charge in [0.15, 0.2) is 0 Å². The molecule has 0 aliphatic rings. The van der Waals surface area contributed by atoms with Crippen molar-refractivity contribution in [1.29, 1.82) is 0 Å². The lowest BCUT2D eigenvalue weighted by molar-refractivity contribution is -0.466. The summed E-state index contributed by atoms with van der Waals surface area (Å²) < 4.78 is 257. The summed E-state index contributed by atoms with van der Waals surface area (Å²) in [4.78, 5) is 10.5. The van der Waals surface area contributed by atoms with Crippen LogP contribution in [0.5, 0.6) is 0 Å². The van der Waals surface area contributed by atoms with Gasteiger partial charge in [-0.05, 0) is 0 Å². The van der Waals surface area contributed by atoms with Gasteiger partial charge in [0.1, 0.15) is 0 Å². The third kappa shape index (κ3) is 4.22. The van der Waals surface area contributed by atoms with E-state index >= 15 is 0 Å². The molecular weight excluding hydrogens is 573 g/mol. The number of hydrogen-bond acceptors (Lipinski definition) is 2. The molecule has 0 aliphatic carbocycles. The van der Waals surface area contributed by atoms with Gasteiger partial charge in [-0.3, -0.25) is 0 Å². The molecule has 0 aromatic heterocycles. The summed E-state index contributed by atoms with van der Waals surface area (Å²) in [5, 5.41) is 0. The first-order chi connectivity index (χ1) is 15.4. The van der Waals surface area contributed by atoms with Crippen molar-refractivity contribution < 1.29 is 92.9 Å². The van der Waals surface area contributed by atoms with Crippen molar-refractivity contribution in [2.45, 2.75) is 73.0 Å². The molecule has 1 unspecified atom stereocenters. The zero-order chi connectivity index (χ0) is 29.8. The van der Waals surface area contributed by atoms with Crippen molar-refractivity contribution in [3.8, 4) is 0 Å². The molecule has 0 bridgehead atoms. The van der Waals surface area contributed by atoms with Gasteiger partial charge in [0.2, 0.25) is 0 Å². The number of hydrogen-bond donors (Lipinski definition) is 0. The summed E-state index contributed by atoms with van der Waals surface area (Å²) in [6.45, 7) is 2.21. The van der Waals surface area contributed by atoms with Crippen molar-refractivity contribution in [1.82, 2.24) is 0 Å². The average molecular weight is 582 g/mol. The van der Waals surface area contributed by atoms with Crippen LogP contribution in [0.3, 0.4) is 0 Å². The fourth-order valence-corrected chi connectivity index (χ4v) is 2.01. The molecule has 0 aromatic carbocycles. The van der Waals surface area contributed by atoms with Gasteiger partial charge >= 0.3 is 65.6 Å². The van der Waals surface area contributed by atoms with Gasteiger partial charge in [-0.1, -0.05) is 13.5 Å². The van der Waals surface area contributed by atoms with Crippen molar-refractivity contribution in [2.75, 3.05) is 0 Å². The summed E-state index contributed by atoms with van der Waals surface area (Å²) in [5.74, 6) is -76.5. The lowest BCUT2D eigenvalue weighted by atomic mass is 9.86. The van der Waals surface area contributed by atoms with Crippen LogP contribution in [-0.2, 0) is 9.53 Å². The molecule has 2 nitrogen and oxygen atoms in total. The first-order valence-corrected chi connectivity index (χ1v) is 8.31. The zero-order valence-electron chi connectivity index (χ0n) is 16.6. The number of halogens is 19. The minimum atomic E-state index is -8.95. The quantitative estimate of drug-likeness (QED) is 0.139. The molecule has 21 heteroatoms. The molecule has 0 saturated heterocycles. The Morgan fingerprint density at radius 3 is 1.19 bits per heavy atom. The summed E-state index contributed by atoms with van der Waals surface area (Å²) in [5.41, 5.74) is 0. The van der Waals surface area contributed by atoms with Gasteiger partial charge in [0, 0.05) is 12.5 Å². The fourth-order valence-electron chi connectivity index (χ4n) is 2.01. The predicted molar refractivity (Wildman–Crippen MR) is 76.0 cm³/mol. The van der Waals surface area contributed by atoms with E-state index in [1.807, 2.05) is 0 Å². The van der Waals surface area contributed by atoms with E-state index in [9.17, 15) is 88.2 Å². The lowest BCUT2D eigenvalue weighted by Gasteiger charge is -2.44. The topological polar surface area (TPSA) is 26.3 Å². The highest BCUT2D eigenvalue weighted by Gasteiger charge is 2.96. The Morgan fingerprint density at radius 1 is 0.639 bits per heavy atom. The Hall–Kier alpha value is -2.12. The predicted octanol–water partition coefficient (Wildman–Crippen LogP) is 7.14. The highest BCUT2D eigenvalue weighted by Crippen LogP contribution is 2.65. The van der Waals surface area contributed by atoms with E-state index in [0.29, 0.717) is 0 Å². The van der Waals surface area contributed by atoms with Crippen LogP contribution < -0.4 is 0 Å². The van der Waals surface area contributed by atoms with E-state index < -0.39 is 72.1 Å². The normalized spacial score (nSPS) is 16.6. The second kappa shape index (κ2) is 9.02. The van der Waals surface area contributed by atoms with Gasteiger partial charge in [0.05, 0.1) is 0 Å². The number of esters is 1. The van der Waals surface area contributed by atoms with Crippen LogP contribution in [0.25, 0.3) is 0 Å². The van der Waals surface area contributed by atoms with Crippen molar-refractivity contribution in [2.24, 2.45) is 0 Å². The highest BCUT2D eigenvalue weighted by molar-refractivity contribution is 5.81. The van der Waals surface area contributed by atoms with Crippen LogP contribution in [0.2, 0.25) is 0 Å². The first kappa shape index (κ1) is 33.9. The van der Waals surface area contributed by atoms with E-state index in [0.717, 1.165) is 0 Å². The van der Waals surface area contributed by atoms with Crippen molar-refractivity contribution in [3.05, 3.63) is 12.7 Å². The third-order valence-electron chi connectivity index (χ3n) is 4.36. The second-order valence-electron chi connectivity index (χ2n) is 6.66. The standard InChI is InChI=1S/C15H9F19O2/c1-3-5(35)36-6(16)8(19,20)10(23,24)12(27,28)14(31,32)15(33,34)13(29,30)11(25,26)9(21,22)7(17,18)4-2/h3,6H,1,4H2,2H3. The van der Waals surface area contributed by atoms with E-state index in [1.54, 1.807) is 0 Å². The van der Waals surface area contributed by atoms with Crippen molar-refractivity contribution in [3.63, 3.8) is 0 Å². The van der Waals surface area contributed by atoms with Gasteiger partial charge in [-0.2, -0.15) is 83.4 Å². The average Bonchev–Trinajstić information content (AvgIpc) is 2.71. The third-order valence-corrected chi connectivity index (χ3v) is 4.36. The maximum Gasteiger partial charge on any atom is 0.385 e. The Bertz CT molecular complexity index is 831. The molecule has 1 atom stereocenters. The molecule has 0 amide bonds. The van der Waals surface area contributed by atoms with E-state index in [-0.39, 0.29) is 13.0 Å². The van der Waals surface area contributed by atoms with Crippen molar-refractivity contribution >= 4 is 5.97 Å². The fraction of sp³-hybridized carbons (Fsp3) is 0.800. The molecule has 0 aliphatic heterocycles. The largest absolute Gasteiger partial charge is 0.421 e. The molecule has 0 saturated carbocycles. The summed E-state index contributed by atoms with van der Waals surface area (Å²) in [6, 6.07) is 0. The SMILES string of the molecule is C=CC(=O)OC(F)C(F)(F)C(F)(F)C(F)(F)C(F)(F)C(F)(F)C(F)(F)C(F)(F)C(F)(F)C(F)(F)CC. The maximum absolute atomic E-state index is 13.6. The number of carbonyl (C=O) groups is 1. The summed E-state index contributed by atoms with van der Waals surface area (Å²) >= 11 is 0. The van der Waals surface area contributed by atoms with Crippen LogP contribution in [0.15, 0.2) is 12.7 Å². The smallest absolute Gasteiger partial charge is 0.385 e. The Kier molecular flexibility index (Phi) is 8.49. The van der Waals surface area contributed by atoms with Gasteiger partial charge in [-0.25, -0.2) is 4.79 Å². The monoisotopic (exact) mass is 582 g/mol. The van der Waals surface area contributed by atoms with Crippen LogP contribution >= 0.6 is 0 Å². The molecule has 0 N–H and O–H groups in total. The number of carbonyl (C=O) groups excluding carboxylic acids is 1. The van der Waals surface area contributed by atoms with E-state index in [4.69, 9.17) is 0 Å². The van der Waals surface area contributed by atoms with Crippen LogP contribution in [-0.4, -0.2) is 65.6 Å². The Balaban J connectivity index is 6.94. The number of alkyl halides is 19. The van der Waals surface area contributed by atoms with E-state index in [2.05, 4.69) is 11.3 Å². The van der Waals surface area contributed by atoms with Crippen LogP contribution in [0, 0.1) is 0 Å². The molecule has 0 spiro atoms. The Labute approximate surface area is 186 Å². The Morgan fingerprint density at radius 2 is 0.917 bits per heavy atom. The number of ether oxygens (including phenoxy) is 1. The summed E-state index contributed by atoms with van der Waals surface area (Å²) in [7, 11) is 0. The first-order valence-electron chi connectivity index (χ1n) is 8.31. The molecule has 0 rings (SSSR count). The van der Waals surface area contributed by atoms with Gasteiger partial charge in [-0.15, -0.1) is 0 Å². The van der Waals surface area contributed by atoms with Crippen LogP contribution in [0.1, 0.15) is 13.3 Å². The van der Waals surface area contributed by atoms with Crippen LogP contribution in [0.4, 0.5) is 83.4 Å². The molecule has 0 heterocycles. The minimum absolute atomic E-state index is 0.155. The van der Waals surface area contributed by atoms with Gasteiger partial charge in [0.25, 0.3) is 0 Å². The molecular formula is C15H9F19O2. The summed E-state index contributed by atoms with van der Waals surface area (Å²) in [6.07, 6.45) is -8.35. The van der Waals surface area contributed by atoms with Gasteiger partial charge < -0.3 is 4.74 Å². The highest BCUT2D eigenvalue weighted by atomic mass is 19.4. The zero-order valence-corrected chi connectivity index (χ0v) is 16.6. The molecule has 214 valence electrons. The van der Waals surface area contributed by atoms with E-state index in [1.165, 1.54) is 0 Å². The molecule has 0 fully saturated rings.